The summed E-state index contributed by atoms with van der Waals surface area (Å²) in [5, 5.41) is 24.2. The molecule has 1 aliphatic heterocycles. The summed E-state index contributed by atoms with van der Waals surface area (Å²) in [6.45, 7) is 0.717. The fraction of sp³-hybridized carbons (Fsp3) is 0.300. The Morgan fingerprint density at radius 2 is 1.86 bits per heavy atom. The van der Waals surface area contributed by atoms with Crippen LogP contribution in [0.3, 0.4) is 0 Å². The van der Waals surface area contributed by atoms with Crippen molar-refractivity contribution in [3.8, 4) is 11.1 Å². The number of nitrogens with zero attached hydrogens (tertiary/aromatic N) is 4. The zero-order chi connectivity index (χ0) is 19.1. The van der Waals surface area contributed by atoms with Crippen molar-refractivity contribution >= 4 is 6.09 Å². The summed E-state index contributed by atoms with van der Waals surface area (Å²) in [5.41, 5.74) is 3.42. The van der Waals surface area contributed by atoms with E-state index in [0.717, 1.165) is 0 Å². The monoisotopic (exact) mass is 377 g/mol. The van der Waals surface area contributed by atoms with Crippen molar-refractivity contribution in [1.82, 2.24) is 25.5 Å². The molecule has 1 fully saturated rings. The van der Waals surface area contributed by atoms with Gasteiger partial charge in [-0.15, -0.1) is 10.2 Å². The smallest absolute Gasteiger partial charge is 0.409 e. The lowest BCUT2D eigenvalue weighted by Gasteiger charge is -2.21. The van der Waals surface area contributed by atoms with Crippen LogP contribution in [0.2, 0.25) is 0 Å². The molecule has 0 saturated carbocycles. The van der Waals surface area contributed by atoms with Crippen LogP contribution in [0, 0.1) is 0 Å². The van der Waals surface area contributed by atoms with Gasteiger partial charge >= 0.3 is 6.09 Å². The van der Waals surface area contributed by atoms with Crippen LogP contribution >= 0.6 is 0 Å². The van der Waals surface area contributed by atoms with Gasteiger partial charge in [0.2, 0.25) is 5.82 Å². The predicted molar refractivity (Wildman–Crippen MR) is 99.3 cm³/mol. The van der Waals surface area contributed by atoms with Gasteiger partial charge in [-0.25, -0.2) is 4.79 Å². The van der Waals surface area contributed by atoms with E-state index in [4.69, 9.17) is 4.74 Å². The van der Waals surface area contributed by atoms with E-state index in [1.165, 1.54) is 27.2 Å². The number of hydrogen-bond donors (Lipinski definition) is 2. The van der Waals surface area contributed by atoms with Crippen LogP contribution < -0.4 is 0 Å². The minimum Gasteiger partial charge on any atom is -0.448 e. The first-order valence-corrected chi connectivity index (χ1v) is 9.22. The lowest BCUT2D eigenvalue weighted by Crippen LogP contribution is -2.36. The molecule has 28 heavy (non-hydrogen) atoms. The first-order valence-electron chi connectivity index (χ1n) is 9.22. The third-order valence-electron chi connectivity index (χ3n) is 5.60. The van der Waals surface area contributed by atoms with Crippen LogP contribution in [-0.2, 0) is 10.3 Å². The van der Waals surface area contributed by atoms with Crippen LogP contribution in [0.5, 0.6) is 0 Å². The Kier molecular flexibility index (Phi) is 3.87. The molecule has 1 unspecified atom stereocenters. The summed E-state index contributed by atoms with van der Waals surface area (Å²) in [6, 6.07) is 16.4. The van der Waals surface area contributed by atoms with Gasteiger partial charge in [-0.05, 0) is 22.3 Å². The van der Waals surface area contributed by atoms with Crippen molar-refractivity contribution in [2.24, 2.45) is 0 Å². The Hall–Kier alpha value is -3.26. The number of aromatic nitrogens is 4. The summed E-state index contributed by atoms with van der Waals surface area (Å²) >= 11 is 0. The van der Waals surface area contributed by atoms with E-state index in [9.17, 15) is 9.90 Å². The third-order valence-corrected chi connectivity index (χ3v) is 5.60. The Labute approximate surface area is 161 Å². The minimum absolute atomic E-state index is 0.00930. The van der Waals surface area contributed by atoms with Crippen LogP contribution in [0.15, 0.2) is 48.5 Å². The predicted octanol–water partition coefficient (Wildman–Crippen LogP) is 2.04. The van der Waals surface area contributed by atoms with Gasteiger partial charge < -0.3 is 14.7 Å². The number of aromatic amines is 1. The van der Waals surface area contributed by atoms with Crippen molar-refractivity contribution < 1.29 is 14.6 Å². The normalized spacial score (nSPS) is 20.8. The largest absolute Gasteiger partial charge is 0.448 e. The van der Waals surface area contributed by atoms with E-state index in [1.807, 2.05) is 24.3 Å². The number of tetrazole rings is 1. The zero-order valence-corrected chi connectivity index (χ0v) is 15.1. The maximum absolute atomic E-state index is 12.6. The van der Waals surface area contributed by atoms with Gasteiger partial charge in [0.1, 0.15) is 12.2 Å². The maximum Gasteiger partial charge on any atom is 0.409 e. The van der Waals surface area contributed by atoms with E-state index in [0.29, 0.717) is 13.0 Å². The van der Waals surface area contributed by atoms with Crippen molar-refractivity contribution in [3.05, 3.63) is 65.5 Å². The molecule has 142 valence electrons. The second-order valence-corrected chi connectivity index (χ2v) is 7.24. The highest BCUT2D eigenvalue weighted by Crippen LogP contribution is 2.44. The lowest BCUT2D eigenvalue weighted by molar-refractivity contribution is 0.0335. The van der Waals surface area contributed by atoms with Gasteiger partial charge in [-0.1, -0.05) is 53.7 Å². The summed E-state index contributed by atoms with van der Waals surface area (Å²) in [6.07, 6.45) is -0.0993. The topological polar surface area (TPSA) is 104 Å². The number of hydrogen-bond acceptors (Lipinski definition) is 6. The second kappa shape index (κ2) is 6.42. The first kappa shape index (κ1) is 16.9. The highest BCUT2D eigenvalue weighted by atomic mass is 16.6. The molecule has 1 saturated heterocycles. The molecule has 2 aliphatic rings. The Morgan fingerprint density at radius 1 is 1.18 bits per heavy atom. The maximum atomic E-state index is 12.6. The SMILES string of the molecule is O=C(OCC1c2ccccc2-c2ccccc21)N1CCC(O)(c2nn[nH]n2)C1. The molecule has 8 heteroatoms. The molecule has 2 aromatic carbocycles. The van der Waals surface area contributed by atoms with Crippen LogP contribution in [-0.4, -0.2) is 56.4 Å². The fourth-order valence-corrected chi connectivity index (χ4v) is 4.18. The van der Waals surface area contributed by atoms with Crippen LogP contribution in [0.25, 0.3) is 11.1 Å². The van der Waals surface area contributed by atoms with E-state index in [1.54, 1.807) is 0 Å². The zero-order valence-electron chi connectivity index (χ0n) is 15.1. The highest BCUT2D eigenvalue weighted by Gasteiger charge is 2.43. The summed E-state index contributed by atoms with van der Waals surface area (Å²) in [5.74, 6) is 0.205. The van der Waals surface area contributed by atoms with E-state index < -0.39 is 11.7 Å². The number of β-amino-alcohol motifs (C(OH)–C–C–N with tert-alkyl or cyclic N) is 1. The second-order valence-electron chi connectivity index (χ2n) is 7.24. The number of carbonyl (C=O) groups excluding carboxylic acids is 1. The molecule has 8 nitrogen and oxygen atoms in total. The summed E-state index contributed by atoms with van der Waals surface area (Å²) in [4.78, 5) is 14.1. The molecule has 3 aromatic rings. The average molecular weight is 377 g/mol. The molecular formula is C20H19N5O3. The summed E-state index contributed by atoms with van der Waals surface area (Å²) < 4.78 is 5.65. The molecule has 5 rings (SSSR count). The van der Waals surface area contributed by atoms with Gasteiger partial charge in [-0.3, -0.25) is 0 Å². The molecule has 2 heterocycles. The van der Waals surface area contributed by atoms with Crippen molar-refractivity contribution in [1.29, 1.82) is 0 Å². The number of benzene rings is 2. The molecule has 1 aliphatic carbocycles. The molecule has 1 atom stereocenters. The van der Waals surface area contributed by atoms with Crippen molar-refractivity contribution in [2.75, 3.05) is 19.7 Å². The number of carbonyl (C=O) groups is 1. The first-order chi connectivity index (χ1) is 13.7. The van der Waals surface area contributed by atoms with Crippen molar-refractivity contribution in [2.45, 2.75) is 17.9 Å². The molecule has 0 spiro atoms. The highest BCUT2D eigenvalue weighted by molar-refractivity contribution is 5.79. The van der Waals surface area contributed by atoms with Gasteiger partial charge in [0.25, 0.3) is 0 Å². The van der Waals surface area contributed by atoms with E-state index >= 15 is 0 Å². The number of fused-ring (bicyclic) bond motifs is 3. The molecule has 1 amide bonds. The quantitative estimate of drug-likeness (QED) is 0.724. The Morgan fingerprint density at radius 3 is 2.50 bits per heavy atom. The van der Waals surface area contributed by atoms with E-state index in [2.05, 4.69) is 44.9 Å². The minimum atomic E-state index is -1.29. The van der Waals surface area contributed by atoms with Crippen molar-refractivity contribution in [3.63, 3.8) is 0 Å². The molecular weight excluding hydrogens is 358 g/mol. The average Bonchev–Trinajstić information content (AvgIpc) is 3.45. The third kappa shape index (κ3) is 2.65. The fourth-order valence-electron chi connectivity index (χ4n) is 4.18. The molecule has 0 bridgehead atoms. The number of H-pyrrole nitrogens is 1. The number of nitrogens with one attached hydrogen (secondary N) is 1. The van der Waals surface area contributed by atoms with Gasteiger partial charge in [-0.2, -0.15) is 5.21 Å². The van der Waals surface area contributed by atoms with Gasteiger partial charge in [0.05, 0.1) is 6.54 Å². The lowest BCUT2D eigenvalue weighted by atomic mass is 9.98. The Bertz CT molecular complexity index is 977. The molecule has 0 radical (unpaired) electrons. The molecule has 1 aromatic heterocycles. The number of ether oxygens (including phenoxy) is 1. The number of amides is 1. The van der Waals surface area contributed by atoms with E-state index in [-0.39, 0.29) is 24.9 Å². The van der Waals surface area contributed by atoms with Gasteiger partial charge in [0.15, 0.2) is 0 Å². The van der Waals surface area contributed by atoms with Gasteiger partial charge in [0, 0.05) is 18.9 Å². The van der Waals surface area contributed by atoms with Crippen LogP contribution in [0.4, 0.5) is 4.79 Å². The number of aliphatic hydroxyl groups is 1. The number of likely N-dealkylation sites (tertiary alicyclic amines) is 1. The van der Waals surface area contributed by atoms with Crippen LogP contribution in [0.1, 0.15) is 29.3 Å². The summed E-state index contributed by atoms with van der Waals surface area (Å²) in [7, 11) is 0. The standard InChI is InChI=1S/C20H19N5O3/c26-19(25-10-9-20(27,12-25)18-21-23-24-22-18)28-11-17-15-7-3-1-5-13(15)14-6-2-4-8-16(14)17/h1-8,17,27H,9-12H2,(H,21,22,23,24). The number of rotatable bonds is 3. The molecule has 2 N–H and O–H groups in total. The Balaban J connectivity index is 1.30.